The molecule has 1 unspecified atom stereocenters. The molecule has 1 aliphatic rings. The van der Waals surface area contributed by atoms with Crippen LogP contribution in [-0.4, -0.2) is 45.9 Å². The van der Waals surface area contributed by atoms with E-state index in [1.165, 1.54) is 7.11 Å². The van der Waals surface area contributed by atoms with Crippen LogP contribution in [0.3, 0.4) is 0 Å². The molecule has 1 aliphatic heterocycles. The molecule has 0 saturated carbocycles. The molecule has 1 atom stereocenters. The Bertz CT molecular complexity index is 419. The first-order valence-electron chi connectivity index (χ1n) is 6.39. The van der Waals surface area contributed by atoms with E-state index in [4.69, 9.17) is 9.47 Å². The van der Waals surface area contributed by atoms with Crippen LogP contribution in [0.5, 0.6) is 0 Å². The van der Waals surface area contributed by atoms with Gasteiger partial charge in [-0.2, -0.15) is 0 Å². The quantitative estimate of drug-likeness (QED) is 0.875. The summed E-state index contributed by atoms with van der Waals surface area (Å²) in [7, 11) is 3.25. The molecule has 1 aromatic carbocycles. The van der Waals surface area contributed by atoms with Crippen molar-refractivity contribution in [1.82, 2.24) is 0 Å². The third-order valence-electron chi connectivity index (χ3n) is 3.27. The SMILES string of the molecule is COCC(=O)Nc1ccc(N2CCC(OC)C2)cc1. The Morgan fingerprint density at radius 1 is 1.37 bits per heavy atom. The van der Waals surface area contributed by atoms with Gasteiger partial charge in [0.15, 0.2) is 0 Å². The highest BCUT2D eigenvalue weighted by atomic mass is 16.5. The standard InChI is InChI=1S/C14H20N2O3/c1-18-10-14(17)15-11-3-5-12(6-4-11)16-8-7-13(9-16)19-2/h3-6,13H,7-10H2,1-2H3,(H,15,17). The lowest BCUT2D eigenvalue weighted by atomic mass is 10.2. The molecule has 0 aromatic heterocycles. The van der Waals surface area contributed by atoms with Crippen LogP contribution in [0.4, 0.5) is 11.4 Å². The van der Waals surface area contributed by atoms with E-state index in [9.17, 15) is 4.79 Å². The first-order valence-corrected chi connectivity index (χ1v) is 6.39. The summed E-state index contributed by atoms with van der Waals surface area (Å²) in [5.74, 6) is -0.143. The molecule has 19 heavy (non-hydrogen) atoms. The van der Waals surface area contributed by atoms with Crippen molar-refractivity contribution >= 4 is 17.3 Å². The summed E-state index contributed by atoms with van der Waals surface area (Å²) in [6.07, 6.45) is 1.38. The summed E-state index contributed by atoms with van der Waals surface area (Å²) in [6.45, 7) is 2.00. The van der Waals surface area contributed by atoms with E-state index >= 15 is 0 Å². The van der Waals surface area contributed by atoms with Gasteiger partial charge in [0.05, 0.1) is 6.10 Å². The molecule has 0 bridgehead atoms. The summed E-state index contributed by atoms with van der Waals surface area (Å²) < 4.78 is 10.1. The summed E-state index contributed by atoms with van der Waals surface area (Å²) in [5, 5.41) is 2.77. The highest BCUT2D eigenvalue weighted by Gasteiger charge is 2.21. The van der Waals surface area contributed by atoms with Gasteiger partial charge in [0, 0.05) is 38.7 Å². The maximum atomic E-state index is 11.4. The number of carbonyl (C=O) groups excluding carboxylic acids is 1. The highest BCUT2D eigenvalue weighted by Crippen LogP contribution is 2.23. The van der Waals surface area contributed by atoms with Crippen molar-refractivity contribution in [2.75, 3.05) is 44.1 Å². The van der Waals surface area contributed by atoms with Crippen LogP contribution < -0.4 is 10.2 Å². The molecule has 0 radical (unpaired) electrons. The van der Waals surface area contributed by atoms with Gasteiger partial charge in [0.25, 0.3) is 0 Å². The Morgan fingerprint density at radius 2 is 2.11 bits per heavy atom. The number of carbonyl (C=O) groups is 1. The Balaban J connectivity index is 1.93. The van der Waals surface area contributed by atoms with Crippen molar-refractivity contribution in [3.63, 3.8) is 0 Å². The van der Waals surface area contributed by atoms with E-state index in [0.717, 1.165) is 30.9 Å². The van der Waals surface area contributed by atoms with Crippen molar-refractivity contribution in [3.8, 4) is 0 Å². The smallest absolute Gasteiger partial charge is 0.250 e. The van der Waals surface area contributed by atoms with E-state index in [2.05, 4.69) is 10.2 Å². The van der Waals surface area contributed by atoms with Gasteiger partial charge in [-0.05, 0) is 30.7 Å². The van der Waals surface area contributed by atoms with Crippen LogP contribution in [0.2, 0.25) is 0 Å². The number of amides is 1. The third-order valence-corrected chi connectivity index (χ3v) is 3.27. The van der Waals surface area contributed by atoms with Crippen molar-refractivity contribution in [2.45, 2.75) is 12.5 Å². The number of rotatable bonds is 5. The summed E-state index contributed by atoms with van der Waals surface area (Å²) in [5.41, 5.74) is 1.94. The van der Waals surface area contributed by atoms with Crippen molar-refractivity contribution in [3.05, 3.63) is 24.3 Å². The minimum Gasteiger partial charge on any atom is -0.380 e. The van der Waals surface area contributed by atoms with Gasteiger partial charge in [-0.25, -0.2) is 0 Å². The zero-order chi connectivity index (χ0) is 13.7. The van der Waals surface area contributed by atoms with Crippen molar-refractivity contribution in [2.24, 2.45) is 0 Å². The Kier molecular flexibility index (Phi) is 4.76. The second-order valence-electron chi connectivity index (χ2n) is 4.62. The normalized spacial score (nSPS) is 18.6. The van der Waals surface area contributed by atoms with Crippen molar-refractivity contribution < 1.29 is 14.3 Å². The fourth-order valence-electron chi connectivity index (χ4n) is 2.24. The number of hydrogen-bond acceptors (Lipinski definition) is 4. The van der Waals surface area contributed by atoms with Crippen LogP contribution >= 0.6 is 0 Å². The molecule has 0 spiro atoms. The molecule has 2 rings (SSSR count). The van der Waals surface area contributed by atoms with Gasteiger partial charge in [-0.3, -0.25) is 4.79 Å². The first-order chi connectivity index (χ1) is 9.22. The molecule has 5 nitrogen and oxygen atoms in total. The summed E-state index contributed by atoms with van der Waals surface area (Å²) in [6, 6.07) is 7.84. The van der Waals surface area contributed by atoms with Crippen LogP contribution in [0.25, 0.3) is 0 Å². The zero-order valence-electron chi connectivity index (χ0n) is 11.4. The van der Waals surface area contributed by atoms with Gasteiger partial charge in [-0.1, -0.05) is 0 Å². The number of methoxy groups -OCH3 is 2. The van der Waals surface area contributed by atoms with Gasteiger partial charge in [-0.15, -0.1) is 0 Å². The van der Waals surface area contributed by atoms with Crippen LogP contribution in [0.1, 0.15) is 6.42 Å². The molecule has 1 saturated heterocycles. The molecule has 5 heteroatoms. The molecule has 104 valence electrons. The second kappa shape index (κ2) is 6.54. The molecule has 1 fully saturated rings. The average Bonchev–Trinajstić information content (AvgIpc) is 2.88. The first kappa shape index (κ1) is 13.8. The number of nitrogens with zero attached hydrogens (tertiary/aromatic N) is 1. The van der Waals surface area contributed by atoms with Gasteiger partial charge < -0.3 is 19.7 Å². The van der Waals surface area contributed by atoms with Crippen molar-refractivity contribution in [1.29, 1.82) is 0 Å². The lowest BCUT2D eigenvalue weighted by Gasteiger charge is -2.18. The molecule has 1 N–H and O–H groups in total. The number of ether oxygens (including phenoxy) is 2. The Hall–Kier alpha value is -1.59. The average molecular weight is 264 g/mol. The van der Waals surface area contributed by atoms with E-state index in [1.54, 1.807) is 7.11 Å². The minimum atomic E-state index is -0.143. The van der Waals surface area contributed by atoms with E-state index in [1.807, 2.05) is 24.3 Å². The van der Waals surface area contributed by atoms with Crippen LogP contribution in [0, 0.1) is 0 Å². The summed E-state index contributed by atoms with van der Waals surface area (Å²) >= 11 is 0. The topological polar surface area (TPSA) is 50.8 Å². The zero-order valence-corrected chi connectivity index (χ0v) is 11.4. The molecule has 0 aliphatic carbocycles. The number of hydrogen-bond donors (Lipinski definition) is 1. The molecule has 1 aromatic rings. The van der Waals surface area contributed by atoms with E-state index in [-0.39, 0.29) is 12.5 Å². The minimum absolute atomic E-state index is 0.0728. The number of nitrogens with one attached hydrogen (secondary N) is 1. The lowest BCUT2D eigenvalue weighted by molar-refractivity contribution is -0.119. The lowest BCUT2D eigenvalue weighted by Crippen LogP contribution is -2.22. The maximum absolute atomic E-state index is 11.4. The molecular formula is C14H20N2O3. The fraction of sp³-hybridized carbons (Fsp3) is 0.500. The monoisotopic (exact) mass is 264 g/mol. The predicted octanol–water partition coefficient (Wildman–Crippen LogP) is 1.50. The molecular weight excluding hydrogens is 244 g/mol. The highest BCUT2D eigenvalue weighted by molar-refractivity contribution is 5.91. The van der Waals surface area contributed by atoms with E-state index in [0.29, 0.717) is 6.10 Å². The second-order valence-corrected chi connectivity index (χ2v) is 4.62. The Labute approximate surface area is 113 Å². The predicted molar refractivity (Wildman–Crippen MR) is 74.6 cm³/mol. The van der Waals surface area contributed by atoms with Crippen LogP contribution in [0.15, 0.2) is 24.3 Å². The maximum Gasteiger partial charge on any atom is 0.250 e. The fourth-order valence-corrected chi connectivity index (χ4v) is 2.24. The molecule has 1 amide bonds. The van der Waals surface area contributed by atoms with Gasteiger partial charge in [0.2, 0.25) is 5.91 Å². The molecule has 1 heterocycles. The number of anilines is 2. The van der Waals surface area contributed by atoms with E-state index < -0.39 is 0 Å². The van der Waals surface area contributed by atoms with Gasteiger partial charge in [0.1, 0.15) is 6.61 Å². The Morgan fingerprint density at radius 3 is 2.68 bits per heavy atom. The van der Waals surface area contributed by atoms with Gasteiger partial charge >= 0.3 is 0 Å². The number of benzene rings is 1. The summed E-state index contributed by atoms with van der Waals surface area (Å²) in [4.78, 5) is 13.7. The van der Waals surface area contributed by atoms with Crippen LogP contribution in [-0.2, 0) is 14.3 Å². The largest absolute Gasteiger partial charge is 0.380 e. The third kappa shape index (κ3) is 3.68.